The summed E-state index contributed by atoms with van der Waals surface area (Å²) in [5.74, 6) is 0.519. The van der Waals surface area contributed by atoms with Crippen LogP contribution >= 0.6 is 15.9 Å². The molecule has 9 heteroatoms. The number of aromatic nitrogens is 4. The molecule has 2 aromatic heterocycles. The maximum absolute atomic E-state index is 13.0. The highest BCUT2D eigenvalue weighted by Gasteiger charge is 2.19. The van der Waals surface area contributed by atoms with Crippen molar-refractivity contribution in [1.29, 1.82) is 0 Å². The van der Waals surface area contributed by atoms with E-state index in [0.717, 1.165) is 23.9 Å². The lowest BCUT2D eigenvalue weighted by Gasteiger charge is -2.06. The van der Waals surface area contributed by atoms with Gasteiger partial charge in [-0.3, -0.25) is 4.55 Å². The lowest BCUT2D eigenvalue weighted by molar-refractivity contribution is -0.696. The first kappa shape index (κ1) is 20.6. The van der Waals surface area contributed by atoms with Crippen LogP contribution < -0.4 is 4.57 Å². The second-order valence-electron chi connectivity index (χ2n) is 6.81. The molecule has 1 unspecified atom stereocenters. The predicted octanol–water partition coefficient (Wildman–Crippen LogP) is 4.90. The first-order valence-corrected chi connectivity index (χ1v) is 11.8. The van der Waals surface area contributed by atoms with E-state index in [9.17, 15) is 8.76 Å². The van der Waals surface area contributed by atoms with Crippen LogP contribution in [0.5, 0.6) is 0 Å². The summed E-state index contributed by atoms with van der Waals surface area (Å²) >= 11 is 3.34. The van der Waals surface area contributed by atoms with Gasteiger partial charge in [0.2, 0.25) is 12.1 Å². The largest absolute Gasteiger partial charge is 0.296 e. The molecule has 7 nitrogen and oxygen atoms in total. The molecule has 0 bridgehead atoms. The van der Waals surface area contributed by atoms with Gasteiger partial charge in [-0.2, -0.15) is 4.57 Å². The summed E-state index contributed by atoms with van der Waals surface area (Å²) in [6, 6.07) is 13.9. The van der Waals surface area contributed by atoms with Crippen molar-refractivity contribution in [2.75, 3.05) is 0 Å². The molecule has 2 aromatic carbocycles. The molecule has 1 atom stereocenters. The molecule has 1 N–H and O–H groups in total. The van der Waals surface area contributed by atoms with Crippen molar-refractivity contribution in [2.45, 2.75) is 31.2 Å². The Labute approximate surface area is 183 Å². The molecule has 0 aliphatic carbocycles. The lowest BCUT2D eigenvalue weighted by atomic mass is 10.3. The number of halogens is 1. The van der Waals surface area contributed by atoms with Gasteiger partial charge in [0.1, 0.15) is 12.4 Å². The number of fused-ring (bicyclic) bond motifs is 1. The van der Waals surface area contributed by atoms with E-state index in [1.807, 2.05) is 36.9 Å². The van der Waals surface area contributed by atoms with Gasteiger partial charge < -0.3 is 0 Å². The first-order valence-electron chi connectivity index (χ1n) is 9.55. The van der Waals surface area contributed by atoms with E-state index in [4.69, 9.17) is 0 Å². The number of benzene rings is 2. The standard InChI is InChI=1S/C21H20BrN5O2S/c1-2-3-12-26-13-14-27(15-26)21-20(23-18-6-4-5-7-19(18)24-21)25-30(28,29)17-10-8-16(22)9-11-17/h4-11,13-15H,2-3,12H2,1H3/p+1. The first-order chi connectivity index (χ1) is 14.5. The van der Waals surface area contributed by atoms with E-state index in [1.54, 1.807) is 34.9 Å². The normalized spacial score (nSPS) is 13.3. The fraction of sp³-hybridized carbons (Fsp3) is 0.190. The molecule has 154 valence electrons. The van der Waals surface area contributed by atoms with E-state index < -0.39 is 10.0 Å². The van der Waals surface area contributed by atoms with E-state index in [0.29, 0.717) is 16.9 Å². The van der Waals surface area contributed by atoms with E-state index in [1.165, 1.54) is 0 Å². The topological polar surface area (TPSA) is 84.3 Å². The molecule has 4 aromatic rings. The summed E-state index contributed by atoms with van der Waals surface area (Å²) in [4.78, 5) is 9.43. The maximum Gasteiger partial charge on any atom is 0.272 e. The SMILES string of the molecule is CCCC[n+]1ccn(-c2nc3ccccc3nc2N=S(=O)(O)c2ccc(Br)cc2)c1. The molecular weight excluding hydrogens is 466 g/mol. The Hall–Kier alpha value is -2.62. The van der Waals surface area contributed by atoms with Crippen LogP contribution in [0.4, 0.5) is 5.82 Å². The minimum Gasteiger partial charge on any atom is -0.296 e. The number of nitrogens with zero attached hydrogens (tertiary/aromatic N) is 5. The highest BCUT2D eigenvalue weighted by Crippen LogP contribution is 2.26. The van der Waals surface area contributed by atoms with Crippen molar-refractivity contribution in [2.24, 2.45) is 4.36 Å². The highest BCUT2D eigenvalue weighted by atomic mass is 79.9. The fourth-order valence-electron chi connectivity index (χ4n) is 2.99. The number of hydrogen-bond acceptors (Lipinski definition) is 4. The third-order valence-electron chi connectivity index (χ3n) is 4.57. The van der Waals surface area contributed by atoms with Crippen LogP contribution in [0, 0.1) is 0 Å². The van der Waals surface area contributed by atoms with Crippen molar-refractivity contribution in [3.05, 3.63) is 71.7 Å². The van der Waals surface area contributed by atoms with Gasteiger partial charge in [0, 0.05) is 4.47 Å². The van der Waals surface area contributed by atoms with Crippen LogP contribution in [0.1, 0.15) is 19.8 Å². The van der Waals surface area contributed by atoms with E-state index in [-0.39, 0.29) is 10.7 Å². The summed E-state index contributed by atoms with van der Waals surface area (Å²) in [6.45, 7) is 3.02. The molecule has 0 amide bonds. The van der Waals surface area contributed by atoms with Crippen LogP contribution in [0.25, 0.3) is 16.9 Å². The molecular formula is C21H21BrN5O2S+. The highest BCUT2D eigenvalue weighted by molar-refractivity contribution is 9.10. The summed E-state index contributed by atoms with van der Waals surface area (Å²) < 4.78 is 32.5. The molecule has 0 spiro atoms. The Bertz CT molecular complexity index is 1310. The second kappa shape index (κ2) is 8.63. The summed E-state index contributed by atoms with van der Waals surface area (Å²) in [6.07, 6.45) is 7.84. The minimum atomic E-state index is -3.71. The zero-order valence-electron chi connectivity index (χ0n) is 16.3. The molecule has 0 fully saturated rings. The molecule has 2 heterocycles. The lowest BCUT2D eigenvalue weighted by Crippen LogP contribution is -2.30. The monoisotopic (exact) mass is 486 g/mol. The van der Waals surface area contributed by atoms with Crippen LogP contribution in [0.15, 0.2) is 81.0 Å². The van der Waals surface area contributed by atoms with Crippen LogP contribution in [-0.4, -0.2) is 23.3 Å². The van der Waals surface area contributed by atoms with Crippen molar-refractivity contribution in [1.82, 2.24) is 14.5 Å². The van der Waals surface area contributed by atoms with Gasteiger partial charge in [-0.15, -0.1) is 4.36 Å². The average Bonchev–Trinajstić information content (AvgIpc) is 3.20. The second-order valence-corrected chi connectivity index (χ2v) is 9.38. The van der Waals surface area contributed by atoms with Crippen molar-refractivity contribution in [3.63, 3.8) is 0 Å². The molecule has 0 saturated heterocycles. The number of rotatable bonds is 6. The molecule has 30 heavy (non-hydrogen) atoms. The van der Waals surface area contributed by atoms with Crippen LogP contribution in [-0.2, 0) is 16.6 Å². The third-order valence-corrected chi connectivity index (χ3v) is 6.41. The zero-order valence-corrected chi connectivity index (χ0v) is 18.8. The Balaban J connectivity index is 1.87. The van der Waals surface area contributed by atoms with Crippen molar-refractivity contribution < 1.29 is 13.3 Å². The maximum atomic E-state index is 13.0. The van der Waals surface area contributed by atoms with Crippen LogP contribution in [0.3, 0.4) is 0 Å². The minimum absolute atomic E-state index is 0.113. The Kier molecular flexibility index (Phi) is 5.94. The predicted molar refractivity (Wildman–Crippen MR) is 119 cm³/mol. The zero-order chi connectivity index (χ0) is 21.1. The van der Waals surface area contributed by atoms with Gasteiger partial charge in [0.15, 0.2) is 10.0 Å². The summed E-state index contributed by atoms with van der Waals surface area (Å²) in [7, 11) is -3.71. The number of para-hydroxylation sites is 2. The van der Waals surface area contributed by atoms with Gasteiger partial charge >= 0.3 is 0 Å². The Morgan fingerprint density at radius 2 is 1.83 bits per heavy atom. The quantitative estimate of drug-likeness (QED) is 0.392. The average molecular weight is 487 g/mol. The van der Waals surface area contributed by atoms with Crippen molar-refractivity contribution in [3.8, 4) is 5.82 Å². The number of aryl methyl sites for hydroxylation is 1. The summed E-state index contributed by atoms with van der Waals surface area (Å²) in [5, 5.41) is 0. The molecule has 0 saturated carbocycles. The smallest absolute Gasteiger partial charge is 0.272 e. The fourth-order valence-corrected chi connectivity index (χ4v) is 4.21. The molecule has 0 aliphatic heterocycles. The molecule has 4 rings (SSSR count). The summed E-state index contributed by atoms with van der Waals surface area (Å²) in [5.41, 5.74) is 1.30. The van der Waals surface area contributed by atoms with E-state index in [2.05, 4.69) is 41.8 Å². The number of unbranched alkanes of at least 4 members (excludes halogenated alkanes) is 1. The Morgan fingerprint density at radius 1 is 1.13 bits per heavy atom. The molecule has 0 radical (unpaired) electrons. The van der Waals surface area contributed by atoms with Gasteiger partial charge in [-0.05, 0) is 42.8 Å². The van der Waals surface area contributed by atoms with Gasteiger partial charge in [0.05, 0.1) is 22.5 Å². The van der Waals surface area contributed by atoms with Gasteiger partial charge in [-0.1, -0.05) is 41.4 Å². The van der Waals surface area contributed by atoms with Gasteiger partial charge in [-0.25, -0.2) is 18.7 Å². The number of hydrogen-bond donors (Lipinski definition) is 1. The Morgan fingerprint density at radius 3 is 2.53 bits per heavy atom. The molecule has 0 aliphatic rings. The van der Waals surface area contributed by atoms with E-state index >= 15 is 0 Å². The number of imidazole rings is 1. The van der Waals surface area contributed by atoms with Crippen molar-refractivity contribution >= 4 is 42.8 Å². The van der Waals surface area contributed by atoms with Crippen LogP contribution in [0.2, 0.25) is 0 Å². The third kappa shape index (κ3) is 4.43. The van der Waals surface area contributed by atoms with Gasteiger partial charge in [0.25, 0.3) is 5.82 Å².